The van der Waals surface area contributed by atoms with Gasteiger partial charge in [0.05, 0.1) is 25.0 Å². The molecule has 1 heterocycles. The van der Waals surface area contributed by atoms with Gasteiger partial charge in [0.2, 0.25) is 0 Å². The Kier molecular flexibility index (Phi) is 4.60. The van der Waals surface area contributed by atoms with Crippen molar-refractivity contribution in [3.05, 3.63) is 53.6 Å². The minimum absolute atomic E-state index is 0.0704. The number of nitrogens with zero attached hydrogens (tertiary/aromatic N) is 1. The molecule has 1 unspecified atom stereocenters. The van der Waals surface area contributed by atoms with Gasteiger partial charge < -0.3 is 19.7 Å². The Bertz CT molecular complexity index is 745. The highest BCUT2D eigenvalue weighted by molar-refractivity contribution is 6.02. The molecular formula is C19H22N2O3. The number of hydrogen-bond donors (Lipinski definition) is 1. The summed E-state index contributed by atoms with van der Waals surface area (Å²) in [4.78, 5) is 14.4. The van der Waals surface area contributed by atoms with E-state index in [0.717, 1.165) is 17.7 Å². The molecule has 1 atom stereocenters. The number of ether oxygens (including phenoxy) is 2. The second-order valence-corrected chi connectivity index (χ2v) is 5.76. The summed E-state index contributed by atoms with van der Waals surface area (Å²) in [6.45, 7) is 2.70. The van der Waals surface area contributed by atoms with Crippen molar-refractivity contribution < 1.29 is 14.3 Å². The molecule has 24 heavy (non-hydrogen) atoms. The van der Waals surface area contributed by atoms with Crippen LogP contribution in [0.15, 0.2) is 42.5 Å². The Morgan fingerprint density at radius 2 is 1.96 bits per heavy atom. The van der Waals surface area contributed by atoms with Crippen molar-refractivity contribution >= 4 is 11.6 Å². The molecule has 2 aromatic rings. The summed E-state index contributed by atoms with van der Waals surface area (Å²) < 4.78 is 11.1. The highest BCUT2D eigenvalue weighted by Crippen LogP contribution is 2.35. The van der Waals surface area contributed by atoms with Crippen LogP contribution in [0.2, 0.25) is 0 Å². The third kappa shape index (κ3) is 2.89. The van der Waals surface area contributed by atoms with Crippen molar-refractivity contribution in [3.8, 4) is 11.5 Å². The van der Waals surface area contributed by atoms with Crippen LogP contribution >= 0.6 is 0 Å². The number of benzene rings is 2. The molecule has 2 aromatic carbocycles. The molecule has 1 amide bonds. The lowest BCUT2D eigenvalue weighted by atomic mass is 10.0. The van der Waals surface area contributed by atoms with Crippen LogP contribution < -0.4 is 19.7 Å². The number of carbonyl (C=O) groups is 1. The highest BCUT2D eigenvalue weighted by Gasteiger charge is 2.29. The summed E-state index contributed by atoms with van der Waals surface area (Å²) in [5.41, 5.74) is 2.55. The lowest BCUT2D eigenvalue weighted by molar-refractivity contribution is 0.0928. The van der Waals surface area contributed by atoms with Gasteiger partial charge in [-0.15, -0.1) is 0 Å². The van der Waals surface area contributed by atoms with E-state index < -0.39 is 0 Å². The lowest BCUT2D eigenvalue weighted by Crippen LogP contribution is -2.44. The lowest BCUT2D eigenvalue weighted by Gasteiger charge is -2.36. The largest absolute Gasteiger partial charge is 0.493 e. The Morgan fingerprint density at radius 3 is 2.71 bits per heavy atom. The molecule has 0 aliphatic carbocycles. The molecule has 0 saturated carbocycles. The van der Waals surface area contributed by atoms with Crippen molar-refractivity contribution in [2.24, 2.45) is 0 Å². The number of fused-ring (bicyclic) bond motifs is 1. The molecule has 5 heteroatoms. The number of amides is 1. The van der Waals surface area contributed by atoms with Crippen LogP contribution in [-0.4, -0.2) is 26.7 Å². The van der Waals surface area contributed by atoms with Gasteiger partial charge in [0.1, 0.15) is 6.17 Å². The molecule has 0 bridgehead atoms. The van der Waals surface area contributed by atoms with Crippen LogP contribution in [0.25, 0.3) is 0 Å². The Morgan fingerprint density at radius 1 is 1.17 bits per heavy atom. The quantitative estimate of drug-likeness (QED) is 0.915. The molecule has 3 rings (SSSR count). The molecule has 0 saturated heterocycles. The predicted molar refractivity (Wildman–Crippen MR) is 93.8 cm³/mol. The van der Waals surface area contributed by atoms with E-state index >= 15 is 0 Å². The molecule has 126 valence electrons. The van der Waals surface area contributed by atoms with Crippen molar-refractivity contribution in [3.63, 3.8) is 0 Å². The van der Waals surface area contributed by atoms with E-state index in [9.17, 15) is 4.79 Å². The van der Waals surface area contributed by atoms with Crippen LogP contribution in [0.3, 0.4) is 0 Å². The number of rotatable bonds is 5. The normalized spacial score (nSPS) is 16.4. The first-order chi connectivity index (χ1) is 11.7. The zero-order valence-electron chi connectivity index (χ0n) is 14.2. The minimum atomic E-state index is -0.249. The molecule has 1 aliphatic rings. The van der Waals surface area contributed by atoms with Gasteiger partial charge in [0.15, 0.2) is 11.5 Å². The first-order valence-corrected chi connectivity index (χ1v) is 8.09. The zero-order chi connectivity index (χ0) is 17.1. The second-order valence-electron chi connectivity index (χ2n) is 5.76. The van der Waals surface area contributed by atoms with Gasteiger partial charge >= 0.3 is 0 Å². The van der Waals surface area contributed by atoms with Gasteiger partial charge in [-0.25, -0.2) is 0 Å². The number of para-hydroxylation sites is 1. The molecular weight excluding hydrogens is 304 g/mol. The van der Waals surface area contributed by atoms with E-state index in [1.54, 1.807) is 7.11 Å². The van der Waals surface area contributed by atoms with Gasteiger partial charge in [-0.2, -0.15) is 0 Å². The standard InChI is InChI=1S/C19H22N2O3/c1-4-11-24-16-10-9-13(12-17(16)23-3)18-20-19(22)14-7-5-6-8-15(14)21(18)2/h5-10,12,18H,4,11H2,1-3H3,(H,20,22). The number of nitrogens with one attached hydrogen (secondary N) is 1. The number of hydrogen-bond acceptors (Lipinski definition) is 4. The molecule has 1 N–H and O–H groups in total. The summed E-state index contributed by atoms with van der Waals surface area (Å²) in [6.07, 6.45) is 0.685. The van der Waals surface area contributed by atoms with E-state index in [4.69, 9.17) is 9.47 Å². The number of methoxy groups -OCH3 is 1. The third-order valence-corrected chi connectivity index (χ3v) is 4.15. The van der Waals surface area contributed by atoms with Crippen LogP contribution in [-0.2, 0) is 0 Å². The van der Waals surface area contributed by atoms with Crippen LogP contribution in [0.4, 0.5) is 5.69 Å². The number of carbonyl (C=O) groups excluding carboxylic acids is 1. The van der Waals surface area contributed by atoms with Crippen molar-refractivity contribution in [1.82, 2.24) is 5.32 Å². The van der Waals surface area contributed by atoms with Gasteiger partial charge in [0.25, 0.3) is 5.91 Å². The predicted octanol–water partition coefficient (Wildman–Crippen LogP) is 3.36. The maximum Gasteiger partial charge on any atom is 0.255 e. The summed E-state index contributed by atoms with van der Waals surface area (Å²) in [5, 5.41) is 3.04. The van der Waals surface area contributed by atoms with Gasteiger partial charge in [0, 0.05) is 7.05 Å². The van der Waals surface area contributed by atoms with Crippen LogP contribution in [0, 0.1) is 0 Å². The van der Waals surface area contributed by atoms with Crippen LogP contribution in [0.1, 0.15) is 35.4 Å². The van der Waals surface area contributed by atoms with E-state index in [0.29, 0.717) is 23.7 Å². The smallest absolute Gasteiger partial charge is 0.255 e. The van der Waals surface area contributed by atoms with Gasteiger partial charge in [-0.1, -0.05) is 25.1 Å². The Balaban J connectivity index is 1.93. The molecule has 0 radical (unpaired) electrons. The zero-order valence-corrected chi connectivity index (χ0v) is 14.2. The second kappa shape index (κ2) is 6.83. The van der Waals surface area contributed by atoms with Crippen molar-refractivity contribution in [2.45, 2.75) is 19.5 Å². The van der Waals surface area contributed by atoms with Gasteiger partial charge in [-0.3, -0.25) is 4.79 Å². The van der Waals surface area contributed by atoms with E-state index in [1.165, 1.54) is 0 Å². The van der Waals surface area contributed by atoms with Crippen LogP contribution in [0.5, 0.6) is 11.5 Å². The van der Waals surface area contributed by atoms with E-state index in [-0.39, 0.29) is 12.1 Å². The fraction of sp³-hybridized carbons (Fsp3) is 0.316. The van der Waals surface area contributed by atoms with E-state index in [1.807, 2.05) is 49.5 Å². The van der Waals surface area contributed by atoms with Gasteiger partial charge in [-0.05, 0) is 36.2 Å². The summed E-state index contributed by atoms with van der Waals surface area (Å²) >= 11 is 0. The monoisotopic (exact) mass is 326 g/mol. The summed E-state index contributed by atoms with van der Waals surface area (Å²) in [5.74, 6) is 1.31. The summed E-state index contributed by atoms with van der Waals surface area (Å²) in [7, 11) is 3.59. The fourth-order valence-electron chi connectivity index (χ4n) is 2.90. The fourth-order valence-corrected chi connectivity index (χ4v) is 2.90. The molecule has 0 fully saturated rings. The maximum atomic E-state index is 12.4. The minimum Gasteiger partial charge on any atom is -0.493 e. The topological polar surface area (TPSA) is 50.8 Å². The Hall–Kier alpha value is -2.69. The average molecular weight is 326 g/mol. The first-order valence-electron chi connectivity index (χ1n) is 8.09. The summed E-state index contributed by atoms with van der Waals surface area (Å²) in [6, 6.07) is 13.4. The highest BCUT2D eigenvalue weighted by atomic mass is 16.5. The van der Waals surface area contributed by atoms with Crippen molar-refractivity contribution in [1.29, 1.82) is 0 Å². The first kappa shape index (κ1) is 16.2. The number of anilines is 1. The maximum absolute atomic E-state index is 12.4. The average Bonchev–Trinajstić information content (AvgIpc) is 2.63. The van der Waals surface area contributed by atoms with Crippen molar-refractivity contribution in [2.75, 3.05) is 25.7 Å². The molecule has 5 nitrogen and oxygen atoms in total. The molecule has 0 spiro atoms. The SMILES string of the molecule is CCCOc1ccc(C2NC(=O)c3ccccc3N2C)cc1OC. The molecule has 0 aromatic heterocycles. The Labute approximate surface area is 142 Å². The third-order valence-electron chi connectivity index (χ3n) is 4.15. The van der Waals surface area contributed by atoms with E-state index in [2.05, 4.69) is 17.1 Å². The molecule has 1 aliphatic heterocycles.